The van der Waals surface area contributed by atoms with Gasteiger partial charge in [0.05, 0.1) is 0 Å². The minimum Gasteiger partial charge on any atom is -0.478 e. The zero-order chi connectivity index (χ0) is 12.4. The van der Waals surface area contributed by atoms with Crippen molar-refractivity contribution in [3.05, 3.63) is 12.2 Å². The Kier molecular flexibility index (Phi) is 7.43. The highest BCUT2D eigenvalue weighted by Crippen LogP contribution is 1.91. The van der Waals surface area contributed by atoms with E-state index in [2.05, 4.69) is 10.1 Å². The van der Waals surface area contributed by atoms with Crippen molar-refractivity contribution >= 4 is 18.3 Å². The van der Waals surface area contributed by atoms with Gasteiger partial charge in [-0.25, -0.2) is 9.59 Å². The molecule has 7 heteroatoms. The highest BCUT2D eigenvalue weighted by atomic mass is 16.6. The molecule has 1 unspecified atom stereocenters. The minimum atomic E-state index is -1.23. The van der Waals surface area contributed by atoms with E-state index in [-0.39, 0.29) is 13.2 Å². The van der Waals surface area contributed by atoms with E-state index in [1.165, 1.54) is 7.11 Å². The molecular formula is C9H13NO6. The molecule has 0 rings (SSSR count). The summed E-state index contributed by atoms with van der Waals surface area (Å²) in [7, 11) is 1.40. The lowest BCUT2D eigenvalue weighted by molar-refractivity contribution is -0.141. The van der Waals surface area contributed by atoms with Gasteiger partial charge in [-0.15, -0.1) is 0 Å². The van der Waals surface area contributed by atoms with Crippen molar-refractivity contribution in [2.75, 3.05) is 20.3 Å². The average molecular weight is 231 g/mol. The van der Waals surface area contributed by atoms with Gasteiger partial charge in [-0.3, -0.25) is 4.79 Å². The van der Waals surface area contributed by atoms with Crippen molar-refractivity contribution in [1.29, 1.82) is 0 Å². The molecule has 1 amide bonds. The predicted molar refractivity (Wildman–Crippen MR) is 52.6 cm³/mol. The Morgan fingerprint density at radius 3 is 2.62 bits per heavy atom. The van der Waals surface area contributed by atoms with Gasteiger partial charge in [0.1, 0.15) is 12.7 Å². The van der Waals surface area contributed by atoms with Gasteiger partial charge in [0, 0.05) is 25.8 Å². The molecule has 0 saturated heterocycles. The van der Waals surface area contributed by atoms with Crippen molar-refractivity contribution in [3.8, 4) is 0 Å². The fourth-order valence-corrected chi connectivity index (χ4v) is 0.752. The quantitative estimate of drug-likeness (QED) is 0.313. The van der Waals surface area contributed by atoms with Gasteiger partial charge < -0.3 is 19.9 Å². The van der Waals surface area contributed by atoms with Crippen LogP contribution in [0.3, 0.4) is 0 Å². The van der Waals surface area contributed by atoms with E-state index in [0.717, 1.165) is 6.08 Å². The van der Waals surface area contributed by atoms with Gasteiger partial charge >= 0.3 is 11.9 Å². The Hall–Kier alpha value is -1.89. The Morgan fingerprint density at radius 2 is 2.12 bits per heavy atom. The number of carboxylic acid groups (broad SMARTS) is 1. The Balaban J connectivity index is 3.87. The van der Waals surface area contributed by atoms with Gasteiger partial charge in [0.2, 0.25) is 6.41 Å². The van der Waals surface area contributed by atoms with E-state index in [1.807, 2.05) is 0 Å². The van der Waals surface area contributed by atoms with Gasteiger partial charge in [-0.05, 0) is 0 Å². The lowest BCUT2D eigenvalue weighted by atomic mass is 10.4. The van der Waals surface area contributed by atoms with Crippen molar-refractivity contribution in [3.63, 3.8) is 0 Å². The topological polar surface area (TPSA) is 102 Å². The first-order valence-electron chi connectivity index (χ1n) is 4.37. The van der Waals surface area contributed by atoms with Gasteiger partial charge in [0.15, 0.2) is 0 Å². The summed E-state index contributed by atoms with van der Waals surface area (Å²) in [6, 6.07) is 0. The molecule has 0 aliphatic rings. The molecule has 0 aromatic heterocycles. The number of hydrogen-bond donors (Lipinski definition) is 2. The third kappa shape index (κ3) is 7.51. The van der Waals surface area contributed by atoms with Crippen LogP contribution in [-0.4, -0.2) is 49.8 Å². The van der Waals surface area contributed by atoms with Crippen LogP contribution in [0.2, 0.25) is 0 Å². The Bertz CT molecular complexity index is 275. The molecule has 0 heterocycles. The first kappa shape index (κ1) is 14.1. The van der Waals surface area contributed by atoms with Crippen LogP contribution in [-0.2, 0) is 23.9 Å². The molecule has 0 fully saturated rings. The zero-order valence-corrected chi connectivity index (χ0v) is 8.71. The highest BCUT2D eigenvalue weighted by Gasteiger charge is 2.09. The fraction of sp³-hybridized carbons (Fsp3) is 0.444. The molecule has 0 aromatic carbocycles. The minimum absolute atomic E-state index is 0.0693. The zero-order valence-electron chi connectivity index (χ0n) is 8.71. The van der Waals surface area contributed by atoms with Crippen molar-refractivity contribution in [2.24, 2.45) is 0 Å². The molecule has 2 N–H and O–H groups in total. The molecule has 0 aliphatic carbocycles. The number of hydrogen-bond acceptors (Lipinski definition) is 5. The number of aliphatic carboxylic acids is 1. The molecule has 0 spiro atoms. The molecule has 90 valence electrons. The summed E-state index contributed by atoms with van der Waals surface area (Å²) in [6.45, 7) is 0.135. The van der Waals surface area contributed by atoms with E-state index in [1.54, 1.807) is 0 Å². The van der Waals surface area contributed by atoms with Crippen molar-refractivity contribution < 1.29 is 29.0 Å². The normalized spacial score (nSPS) is 12.1. The van der Waals surface area contributed by atoms with E-state index in [9.17, 15) is 14.4 Å². The summed E-state index contributed by atoms with van der Waals surface area (Å²) >= 11 is 0. The molecule has 16 heavy (non-hydrogen) atoms. The summed E-state index contributed by atoms with van der Waals surface area (Å²) in [5.41, 5.74) is 0. The lowest BCUT2D eigenvalue weighted by Gasteiger charge is -2.13. The van der Waals surface area contributed by atoms with Crippen molar-refractivity contribution in [2.45, 2.75) is 6.10 Å². The molecule has 0 radical (unpaired) electrons. The second-order valence-corrected chi connectivity index (χ2v) is 2.69. The highest BCUT2D eigenvalue weighted by molar-refractivity contribution is 5.90. The second kappa shape index (κ2) is 8.42. The number of esters is 1. The van der Waals surface area contributed by atoms with Crippen LogP contribution < -0.4 is 5.32 Å². The van der Waals surface area contributed by atoms with Crippen LogP contribution in [0.1, 0.15) is 0 Å². The van der Waals surface area contributed by atoms with E-state index in [4.69, 9.17) is 9.84 Å². The van der Waals surface area contributed by atoms with E-state index in [0.29, 0.717) is 12.5 Å². The first-order chi connectivity index (χ1) is 7.60. The third-order valence-electron chi connectivity index (χ3n) is 1.54. The van der Waals surface area contributed by atoms with Crippen LogP contribution in [0, 0.1) is 0 Å². The van der Waals surface area contributed by atoms with Crippen molar-refractivity contribution in [1.82, 2.24) is 5.32 Å². The number of rotatable bonds is 8. The number of nitrogens with one attached hydrogen (secondary N) is 1. The number of ether oxygens (including phenoxy) is 2. The third-order valence-corrected chi connectivity index (χ3v) is 1.54. The SMILES string of the molecule is COC(CNC=O)COC(=O)/C=C/C(=O)O. The standard InChI is InChI=1S/C9H13NO6/c1-15-7(4-10-6-11)5-16-9(14)3-2-8(12)13/h2-3,6-7H,4-5H2,1H3,(H,10,11)(H,12,13)/b3-2+. The lowest BCUT2D eigenvalue weighted by Crippen LogP contribution is -2.32. The second-order valence-electron chi connectivity index (χ2n) is 2.69. The number of carbonyl (C=O) groups is 3. The fourth-order valence-electron chi connectivity index (χ4n) is 0.752. The molecule has 0 saturated carbocycles. The first-order valence-corrected chi connectivity index (χ1v) is 4.37. The van der Waals surface area contributed by atoms with Gasteiger partial charge in [0.25, 0.3) is 0 Å². The Labute approximate surface area is 92.0 Å². The number of methoxy groups -OCH3 is 1. The molecule has 0 aliphatic heterocycles. The summed E-state index contributed by atoms with van der Waals surface area (Å²) in [5.74, 6) is -2.02. The summed E-state index contributed by atoms with van der Waals surface area (Å²) in [4.78, 5) is 31.0. The van der Waals surface area contributed by atoms with Crippen LogP contribution in [0.15, 0.2) is 12.2 Å². The largest absolute Gasteiger partial charge is 0.478 e. The molecular weight excluding hydrogens is 218 g/mol. The van der Waals surface area contributed by atoms with Crippen LogP contribution >= 0.6 is 0 Å². The number of carboxylic acids is 1. The maximum Gasteiger partial charge on any atom is 0.331 e. The van der Waals surface area contributed by atoms with Crippen LogP contribution in [0.5, 0.6) is 0 Å². The van der Waals surface area contributed by atoms with Gasteiger partial charge in [-0.2, -0.15) is 0 Å². The average Bonchev–Trinajstić information content (AvgIpc) is 2.26. The summed E-state index contributed by atoms with van der Waals surface area (Å²) in [5, 5.41) is 10.6. The van der Waals surface area contributed by atoms with Crippen LogP contribution in [0.25, 0.3) is 0 Å². The molecule has 0 bridgehead atoms. The Morgan fingerprint density at radius 1 is 1.44 bits per heavy atom. The maximum atomic E-state index is 10.9. The number of amides is 1. The predicted octanol–water partition coefficient (Wildman–Crippen LogP) is -1.07. The maximum absolute atomic E-state index is 10.9. The monoisotopic (exact) mass is 231 g/mol. The van der Waals surface area contributed by atoms with Gasteiger partial charge in [-0.1, -0.05) is 0 Å². The molecule has 0 aromatic rings. The summed E-state index contributed by atoms with van der Waals surface area (Å²) < 4.78 is 9.56. The smallest absolute Gasteiger partial charge is 0.331 e. The molecule has 1 atom stereocenters. The van der Waals surface area contributed by atoms with Crippen LogP contribution in [0.4, 0.5) is 0 Å². The number of carbonyl (C=O) groups excluding carboxylic acids is 2. The van der Waals surface area contributed by atoms with E-state index >= 15 is 0 Å². The summed E-state index contributed by atoms with van der Waals surface area (Å²) in [6.07, 6.45) is 1.50. The van der Waals surface area contributed by atoms with E-state index < -0.39 is 18.0 Å². The molecule has 7 nitrogen and oxygen atoms in total.